The van der Waals surface area contributed by atoms with Gasteiger partial charge in [0.05, 0.1) is 0 Å². The Morgan fingerprint density at radius 3 is 3.12 bits per heavy atom. The SMILES string of the molecule is O=C(NCc1cccc(F)c1)C1CCCO1. The quantitative estimate of drug-likeness (QED) is 0.845. The molecule has 2 rings (SSSR count). The zero-order valence-electron chi connectivity index (χ0n) is 8.91. The second-order valence-electron chi connectivity index (χ2n) is 3.85. The van der Waals surface area contributed by atoms with E-state index in [0.29, 0.717) is 13.2 Å². The summed E-state index contributed by atoms with van der Waals surface area (Å²) in [5.74, 6) is -0.398. The van der Waals surface area contributed by atoms with E-state index in [-0.39, 0.29) is 17.8 Å². The van der Waals surface area contributed by atoms with Gasteiger partial charge in [0.15, 0.2) is 0 Å². The number of benzene rings is 1. The molecule has 1 heterocycles. The molecule has 1 aromatic carbocycles. The van der Waals surface area contributed by atoms with Crippen LogP contribution in [0.2, 0.25) is 0 Å². The minimum atomic E-state index is -0.325. The largest absolute Gasteiger partial charge is 0.368 e. The van der Waals surface area contributed by atoms with Gasteiger partial charge in [-0.25, -0.2) is 4.39 Å². The van der Waals surface area contributed by atoms with Crippen molar-refractivity contribution in [1.29, 1.82) is 0 Å². The molecule has 1 saturated heterocycles. The molecule has 1 aromatic rings. The molecule has 1 fully saturated rings. The summed E-state index contributed by atoms with van der Waals surface area (Å²) in [5, 5.41) is 2.74. The lowest BCUT2D eigenvalue weighted by atomic mass is 10.2. The van der Waals surface area contributed by atoms with Crippen molar-refractivity contribution in [1.82, 2.24) is 5.32 Å². The van der Waals surface area contributed by atoms with E-state index in [9.17, 15) is 9.18 Å². The van der Waals surface area contributed by atoms with Gasteiger partial charge in [-0.3, -0.25) is 4.79 Å². The molecule has 1 atom stereocenters. The molecule has 16 heavy (non-hydrogen) atoms. The first kappa shape index (κ1) is 11.1. The Bertz CT molecular complexity index is 375. The third kappa shape index (κ3) is 2.79. The third-order valence-corrected chi connectivity index (χ3v) is 2.58. The normalized spacial score (nSPS) is 19.7. The number of halogens is 1. The maximum atomic E-state index is 12.9. The molecule has 1 N–H and O–H groups in total. The minimum Gasteiger partial charge on any atom is -0.368 e. The van der Waals surface area contributed by atoms with Gasteiger partial charge in [-0.05, 0) is 30.5 Å². The van der Waals surface area contributed by atoms with Gasteiger partial charge in [-0.15, -0.1) is 0 Å². The lowest BCUT2D eigenvalue weighted by Gasteiger charge is -2.10. The lowest BCUT2D eigenvalue weighted by molar-refractivity contribution is -0.130. The van der Waals surface area contributed by atoms with E-state index < -0.39 is 0 Å². The Morgan fingerprint density at radius 1 is 1.56 bits per heavy atom. The van der Waals surface area contributed by atoms with Crippen molar-refractivity contribution in [2.24, 2.45) is 0 Å². The summed E-state index contributed by atoms with van der Waals surface area (Å²) in [4.78, 5) is 11.6. The van der Waals surface area contributed by atoms with Crippen molar-refractivity contribution in [3.63, 3.8) is 0 Å². The van der Waals surface area contributed by atoms with Crippen molar-refractivity contribution in [3.8, 4) is 0 Å². The highest BCUT2D eigenvalue weighted by Crippen LogP contribution is 2.12. The highest BCUT2D eigenvalue weighted by atomic mass is 19.1. The molecule has 3 nitrogen and oxygen atoms in total. The van der Waals surface area contributed by atoms with E-state index in [1.165, 1.54) is 12.1 Å². The minimum absolute atomic E-state index is 0.109. The van der Waals surface area contributed by atoms with Crippen LogP contribution < -0.4 is 5.32 Å². The predicted octanol–water partition coefficient (Wildman–Crippen LogP) is 1.62. The Balaban J connectivity index is 1.84. The molecule has 1 aliphatic heterocycles. The fourth-order valence-corrected chi connectivity index (χ4v) is 1.73. The fraction of sp³-hybridized carbons (Fsp3) is 0.417. The van der Waals surface area contributed by atoms with Gasteiger partial charge in [0.25, 0.3) is 0 Å². The van der Waals surface area contributed by atoms with E-state index in [2.05, 4.69) is 5.32 Å². The van der Waals surface area contributed by atoms with E-state index in [4.69, 9.17) is 4.74 Å². The Hall–Kier alpha value is -1.42. The van der Waals surface area contributed by atoms with Crippen LogP contribution in [0, 0.1) is 5.82 Å². The number of nitrogens with one attached hydrogen (secondary N) is 1. The summed E-state index contributed by atoms with van der Waals surface area (Å²) in [5.41, 5.74) is 0.756. The Labute approximate surface area is 93.6 Å². The highest BCUT2D eigenvalue weighted by molar-refractivity contribution is 5.80. The molecule has 1 unspecified atom stereocenters. The molecule has 0 saturated carbocycles. The summed E-state index contributed by atoms with van der Waals surface area (Å²) in [6, 6.07) is 6.20. The summed E-state index contributed by atoms with van der Waals surface area (Å²) >= 11 is 0. The topological polar surface area (TPSA) is 38.3 Å². The van der Waals surface area contributed by atoms with Crippen LogP contribution in [0.4, 0.5) is 4.39 Å². The number of hydrogen-bond donors (Lipinski definition) is 1. The maximum Gasteiger partial charge on any atom is 0.249 e. The van der Waals surface area contributed by atoms with Crippen LogP contribution in [0.3, 0.4) is 0 Å². The molecule has 0 aliphatic carbocycles. The van der Waals surface area contributed by atoms with Crippen LogP contribution in [-0.4, -0.2) is 18.6 Å². The molecule has 1 amide bonds. The van der Waals surface area contributed by atoms with Gasteiger partial charge in [0, 0.05) is 13.2 Å². The molecular weight excluding hydrogens is 209 g/mol. The summed E-state index contributed by atoms with van der Waals surface area (Å²) in [7, 11) is 0. The van der Waals surface area contributed by atoms with Crippen LogP contribution in [-0.2, 0) is 16.1 Å². The van der Waals surface area contributed by atoms with Gasteiger partial charge in [0.2, 0.25) is 5.91 Å². The van der Waals surface area contributed by atoms with Crippen LogP contribution in [0.25, 0.3) is 0 Å². The van der Waals surface area contributed by atoms with Gasteiger partial charge in [0.1, 0.15) is 11.9 Å². The van der Waals surface area contributed by atoms with Crippen molar-refractivity contribution in [2.75, 3.05) is 6.61 Å². The Morgan fingerprint density at radius 2 is 2.44 bits per heavy atom. The third-order valence-electron chi connectivity index (χ3n) is 2.58. The van der Waals surface area contributed by atoms with Gasteiger partial charge >= 0.3 is 0 Å². The van der Waals surface area contributed by atoms with E-state index in [0.717, 1.165) is 18.4 Å². The maximum absolute atomic E-state index is 12.9. The van der Waals surface area contributed by atoms with Crippen LogP contribution >= 0.6 is 0 Å². The molecule has 86 valence electrons. The van der Waals surface area contributed by atoms with Crippen molar-refractivity contribution >= 4 is 5.91 Å². The zero-order chi connectivity index (χ0) is 11.4. The highest BCUT2D eigenvalue weighted by Gasteiger charge is 2.22. The van der Waals surface area contributed by atoms with Crippen LogP contribution in [0.5, 0.6) is 0 Å². The fourth-order valence-electron chi connectivity index (χ4n) is 1.73. The average Bonchev–Trinajstić information content (AvgIpc) is 2.79. The molecule has 0 spiro atoms. The predicted molar refractivity (Wildman–Crippen MR) is 57.2 cm³/mol. The molecular formula is C12H14FNO2. The first-order valence-corrected chi connectivity index (χ1v) is 5.39. The number of ether oxygens (including phenoxy) is 1. The van der Waals surface area contributed by atoms with Crippen molar-refractivity contribution in [2.45, 2.75) is 25.5 Å². The van der Waals surface area contributed by atoms with E-state index in [1.54, 1.807) is 12.1 Å². The first-order chi connectivity index (χ1) is 7.75. The summed E-state index contributed by atoms with van der Waals surface area (Å²) < 4.78 is 18.1. The van der Waals surface area contributed by atoms with Crippen LogP contribution in [0.1, 0.15) is 18.4 Å². The van der Waals surface area contributed by atoms with Crippen LogP contribution in [0.15, 0.2) is 24.3 Å². The molecule has 0 radical (unpaired) electrons. The van der Waals surface area contributed by atoms with E-state index in [1.807, 2.05) is 0 Å². The molecule has 1 aliphatic rings. The number of carbonyl (C=O) groups excluding carboxylic acids is 1. The number of carbonyl (C=O) groups is 1. The smallest absolute Gasteiger partial charge is 0.249 e. The second-order valence-corrected chi connectivity index (χ2v) is 3.85. The standard InChI is InChI=1S/C12H14FNO2/c13-10-4-1-3-9(7-10)8-14-12(15)11-5-2-6-16-11/h1,3-4,7,11H,2,5-6,8H2,(H,14,15). The van der Waals surface area contributed by atoms with E-state index >= 15 is 0 Å². The van der Waals surface area contributed by atoms with Crippen molar-refractivity contribution < 1.29 is 13.9 Å². The average molecular weight is 223 g/mol. The van der Waals surface area contributed by atoms with Gasteiger partial charge in [-0.2, -0.15) is 0 Å². The summed E-state index contributed by atoms with van der Waals surface area (Å²) in [6.45, 7) is 0.995. The van der Waals surface area contributed by atoms with Gasteiger partial charge in [-0.1, -0.05) is 12.1 Å². The number of rotatable bonds is 3. The molecule has 0 aromatic heterocycles. The first-order valence-electron chi connectivity index (χ1n) is 5.39. The number of hydrogen-bond acceptors (Lipinski definition) is 2. The monoisotopic (exact) mass is 223 g/mol. The molecule has 4 heteroatoms. The number of amides is 1. The Kier molecular flexibility index (Phi) is 3.51. The lowest BCUT2D eigenvalue weighted by Crippen LogP contribution is -2.33. The summed E-state index contributed by atoms with van der Waals surface area (Å²) in [6.07, 6.45) is 1.38. The van der Waals surface area contributed by atoms with Gasteiger partial charge < -0.3 is 10.1 Å². The molecule has 0 bridgehead atoms. The zero-order valence-corrected chi connectivity index (χ0v) is 8.91. The van der Waals surface area contributed by atoms with Crippen molar-refractivity contribution in [3.05, 3.63) is 35.6 Å². The second kappa shape index (κ2) is 5.07.